The topological polar surface area (TPSA) is 29.5 Å². The Labute approximate surface area is 67.3 Å². The summed E-state index contributed by atoms with van der Waals surface area (Å²) in [5, 5.41) is 0. The zero-order chi connectivity index (χ0) is 9.07. The molecule has 0 N–H and O–H groups in total. The molecule has 0 unspecified atom stereocenters. The lowest BCUT2D eigenvalue weighted by Crippen LogP contribution is -2.31. The fraction of sp³-hybridized carbons (Fsp3) is 0.625. The summed E-state index contributed by atoms with van der Waals surface area (Å²) in [6.45, 7) is 5.36. The molecule has 3 heteroatoms. The molecule has 0 aromatic rings. The van der Waals surface area contributed by atoms with Crippen molar-refractivity contribution in [1.82, 2.24) is 4.90 Å². The molecule has 0 radical (unpaired) electrons. The summed E-state index contributed by atoms with van der Waals surface area (Å²) < 4.78 is 4.93. The van der Waals surface area contributed by atoms with E-state index < -0.39 is 11.7 Å². The van der Waals surface area contributed by atoms with Gasteiger partial charge in [0.2, 0.25) is 0 Å². The number of ether oxygens (including phenoxy) is 1. The molecule has 0 saturated heterocycles. The Kier molecular flexibility index (Phi) is 2.94. The van der Waals surface area contributed by atoms with Crippen LogP contribution in [0.4, 0.5) is 4.79 Å². The molecule has 0 rings (SSSR count). The minimum atomic E-state index is -0.500. The van der Waals surface area contributed by atoms with Crippen LogP contribution in [0.25, 0.3) is 0 Å². The monoisotopic (exact) mass is 155 g/mol. The third kappa shape index (κ3) is 4.26. The van der Waals surface area contributed by atoms with Gasteiger partial charge in [-0.3, -0.25) is 0 Å². The second-order valence-electron chi connectivity index (χ2n) is 3.17. The highest BCUT2D eigenvalue weighted by Crippen LogP contribution is 2.08. The van der Waals surface area contributed by atoms with Gasteiger partial charge < -0.3 is 4.74 Å². The van der Waals surface area contributed by atoms with Crippen LogP contribution in [-0.4, -0.2) is 23.6 Å². The first-order chi connectivity index (χ1) is 4.87. The van der Waals surface area contributed by atoms with Gasteiger partial charge in [0.25, 0.3) is 0 Å². The van der Waals surface area contributed by atoms with Crippen LogP contribution < -0.4 is 0 Å². The van der Waals surface area contributed by atoms with Gasteiger partial charge in [-0.2, -0.15) is 0 Å². The largest absolute Gasteiger partial charge is 0.443 e. The van der Waals surface area contributed by atoms with Gasteiger partial charge in [0.1, 0.15) is 5.60 Å². The number of hydrogen-bond acceptors (Lipinski definition) is 2. The second-order valence-corrected chi connectivity index (χ2v) is 3.17. The average molecular weight is 155 g/mol. The van der Waals surface area contributed by atoms with Crippen molar-refractivity contribution in [1.29, 1.82) is 0 Å². The quantitative estimate of drug-likeness (QED) is 0.391. The van der Waals surface area contributed by atoms with Crippen molar-refractivity contribution in [2.24, 2.45) is 0 Å². The molecule has 0 atom stereocenters. The van der Waals surface area contributed by atoms with Crippen molar-refractivity contribution >= 4 is 6.09 Å². The summed E-state index contributed by atoms with van der Waals surface area (Å²) in [5.41, 5.74) is -0.484. The normalized spacial score (nSPS) is 10.1. The number of nitrogens with zero attached hydrogens (tertiary/aromatic N) is 1. The zero-order valence-corrected chi connectivity index (χ0v) is 7.34. The van der Waals surface area contributed by atoms with Crippen molar-refractivity contribution in [3.8, 4) is 12.5 Å². The van der Waals surface area contributed by atoms with E-state index in [-0.39, 0.29) is 0 Å². The fourth-order valence-corrected chi connectivity index (χ4v) is 0.383. The standard InChI is InChI=1S/C8H13NO2/c1-6-9(5)7(10)11-8(2,3)4/h1H,2-5H3. The SMILES string of the molecule is C#CN(C)C(=O)OC(C)(C)C. The van der Waals surface area contributed by atoms with E-state index in [1.807, 2.05) is 0 Å². The summed E-state index contributed by atoms with van der Waals surface area (Å²) in [6, 6.07) is 2.15. The highest BCUT2D eigenvalue weighted by atomic mass is 16.6. The zero-order valence-electron chi connectivity index (χ0n) is 7.34. The minimum absolute atomic E-state index is 0.484. The maximum atomic E-state index is 11.0. The van der Waals surface area contributed by atoms with E-state index in [2.05, 4.69) is 6.04 Å². The van der Waals surface area contributed by atoms with Gasteiger partial charge in [0, 0.05) is 13.1 Å². The molecule has 1 amide bonds. The lowest BCUT2D eigenvalue weighted by atomic mass is 10.2. The number of carbonyl (C=O) groups excluding carboxylic acids is 1. The molecule has 0 fully saturated rings. The number of amides is 1. The van der Waals surface area contributed by atoms with Crippen LogP contribution in [-0.2, 0) is 4.74 Å². The third-order valence-electron chi connectivity index (χ3n) is 0.861. The van der Waals surface area contributed by atoms with Crippen molar-refractivity contribution in [3.05, 3.63) is 0 Å². The van der Waals surface area contributed by atoms with Crippen LogP contribution in [0.2, 0.25) is 0 Å². The maximum Gasteiger partial charge on any atom is 0.421 e. The molecule has 0 aliphatic rings. The molecule has 0 saturated carbocycles. The van der Waals surface area contributed by atoms with Crippen molar-refractivity contribution in [3.63, 3.8) is 0 Å². The second kappa shape index (κ2) is 3.29. The van der Waals surface area contributed by atoms with Gasteiger partial charge in [-0.05, 0) is 20.8 Å². The van der Waals surface area contributed by atoms with Gasteiger partial charge >= 0.3 is 6.09 Å². The molecular formula is C8H13NO2. The van der Waals surface area contributed by atoms with Crippen LogP contribution in [0.15, 0.2) is 0 Å². The average Bonchev–Trinajstić information content (AvgIpc) is 1.82. The van der Waals surface area contributed by atoms with Crippen molar-refractivity contribution in [2.75, 3.05) is 7.05 Å². The molecule has 0 aliphatic heterocycles. The van der Waals surface area contributed by atoms with Gasteiger partial charge in [0.05, 0.1) is 0 Å². The van der Waals surface area contributed by atoms with Crippen LogP contribution in [0.1, 0.15) is 20.8 Å². The fourth-order valence-electron chi connectivity index (χ4n) is 0.383. The molecule has 3 nitrogen and oxygen atoms in total. The van der Waals surface area contributed by atoms with E-state index in [0.717, 1.165) is 4.90 Å². The summed E-state index contributed by atoms with van der Waals surface area (Å²) in [7, 11) is 1.48. The molecule has 62 valence electrons. The van der Waals surface area contributed by atoms with Crippen LogP contribution in [0.5, 0.6) is 0 Å². The summed E-state index contributed by atoms with van der Waals surface area (Å²) in [6.07, 6.45) is 4.47. The molecule has 0 heterocycles. The van der Waals surface area contributed by atoms with E-state index in [4.69, 9.17) is 11.2 Å². The summed E-state index contributed by atoms with van der Waals surface area (Å²) in [4.78, 5) is 12.0. The van der Waals surface area contributed by atoms with Crippen LogP contribution in [0, 0.1) is 12.5 Å². The summed E-state index contributed by atoms with van der Waals surface area (Å²) in [5.74, 6) is 0. The highest BCUT2D eigenvalue weighted by Gasteiger charge is 2.18. The molecule has 0 spiro atoms. The highest BCUT2D eigenvalue weighted by molar-refractivity contribution is 5.69. The van der Waals surface area contributed by atoms with Crippen molar-refractivity contribution < 1.29 is 9.53 Å². The van der Waals surface area contributed by atoms with E-state index in [9.17, 15) is 4.79 Å². The number of terminal acetylenes is 1. The molecule has 0 aliphatic carbocycles. The van der Waals surface area contributed by atoms with Gasteiger partial charge in [0.15, 0.2) is 0 Å². The molecule has 0 aromatic carbocycles. The Bertz CT molecular complexity index is 185. The number of hydrogen-bond donors (Lipinski definition) is 0. The Morgan fingerprint density at radius 1 is 1.55 bits per heavy atom. The van der Waals surface area contributed by atoms with Gasteiger partial charge in [-0.15, -0.1) is 0 Å². The molecule has 0 aromatic heterocycles. The van der Waals surface area contributed by atoms with Crippen LogP contribution in [0.3, 0.4) is 0 Å². The van der Waals surface area contributed by atoms with E-state index in [1.54, 1.807) is 20.8 Å². The van der Waals surface area contributed by atoms with Gasteiger partial charge in [-0.25, -0.2) is 9.69 Å². The van der Waals surface area contributed by atoms with Crippen LogP contribution >= 0.6 is 0 Å². The molecule has 0 bridgehead atoms. The number of rotatable bonds is 0. The molecular weight excluding hydrogens is 142 g/mol. The summed E-state index contributed by atoms with van der Waals surface area (Å²) >= 11 is 0. The van der Waals surface area contributed by atoms with Gasteiger partial charge in [-0.1, -0.05) is 6.42 Å². The first kappa shape index (κ1) is 9.83. The minimum Gasteiger partial charge on any atom is -0.443 e. The number of carbonyl (C=O) groups is 1. The first-order valence-electron chi connectivity index (χ1n) is 3.30. The lowest BCUT2D eigenvalue weighted by Gasteiger charge is -2.21. The van der Waals surface area contributed by atoms with Crippen molar-refractivity contribution in [2.45, 2.75) is 26.4 Å². The lowest BCUT2D eigenvalue weighted by molar-refractivity contribution is 0.0387. The Morgan fingerprint density at radius 2 is 2.00 bits per heavy atom. The van der Waals surface area contributed by atoms with E-state index in [0.29, 0.717) is 0 Å². The van der Waals surface area contributed by atoms with E-state index in [1.165, 1.54) is 7.05 Å². The Morgan fingerprint density at radius 3 is 2.27 bits per heavy atom. The predicted octanol–water partition coefficient (Wildman–Crippen LogP) is 1.44. The Balaban J connectivity index is 4.01. The maximum absolute atomic E-state index is 11.0. The third-order valence-corrected chi connectivity index (χ3v) is 0.861. The first-order valence-corrected chi connectivity index (χ1v) is 3.30. The predicted molar refractivity (Wildman–Crippen MR) is 42.8 cm³/mol. The smallest absolute Gasteiger partial charge is 0.421 e. The Hall–Kier alpha value is -1.17. The van der Waals surface area contributed by atoms with E-state index >= 15 is 0 Å². The molecule has 11 heavy (non-hydrogen) atoms.